The van der Waals surface area contributed by atoms with E-state index in [-0.39, 0.29) is 12.1 Å². The highest BCUT2D eigenvalue weighted by Crippen LogP contribution is 2.05. The maximum absolute atomic E-state index is 12.0. The fourth-order valence-corrected chi connectivity index (χ4v) is 2.08. The summed E-state index contributed by atoms with van der Waals surface area (Å²) < 4.78 is 1.28. The number of carboxylic acid groups (broad SMARTS) is 1. The molecule has 2 aromatic rings. The maximum atomic E-state index is 12.0. The molecular weight excluding hydrogens is 270 g/mol. The van der Waals surface area contributed by atoms with Crippen molar-refractivity contribution >= 4 is 28.2 Å². The topological polar surface area (TPSA) is 101 Å². The third-order valence-corrected chi connectivity index (χ3v) is 3.35. The number of aromatic nitrogens is 2. The number of rotatable bonds is 4. The number of thiazole rings is 1. The van der Waals surface area contributed by atoms with Crippen molar-refractivity contribution in [2.75, 3.05) is 6.54 Å². The molecule has 0 fully saturated rings. The van der Waals surface area contributed by atoms with Gasteiger partial charge in [-0.2, -0.15) is 0 Å². The Morgan fingerprint density at radius 3 is 3.00 bits per heavy atom. The van der Waals surface area contributed by atoms with E-state index in [1.165, 1.54) is 35.1 Å². The Morgan fingerprint density at radius 2 is 2.32 bits per heavy atom. The summed E-state index contributed by atoms with van der Waals surface area (Å²) in [5.74, 6) is -2.35. The van der Waals surface area contributed by atoms with Gasteiger partial charge in [-0.05, 0) is 0 Å². The zero-order valence-electron chi connectivity index (χ0n) is 9.99. The van der Waals surface area contributed by atoms with Crippen molar-refractivity contribution in [3.63, 3.8) is 0 Å². The normalized spacial score (nSPS) is 12.3. The zero-order valence-corrected chi connectivity index (χ0v) is 10.8. The third kappa shape index (κ3) is 2.63. The van der Waals surface area contributed by atoms with Gasteiger partial charge in [0, 0.05) is 24.3 Å². The first-order valence-corrected chi connectivity index (χ1v) is 6.34. The minimum absolute atomic E-state index is 0.0417. The number of amides is 1. The molecule has 0 spiro atoms. The molecular formula is C11H11N3O4S. The molecule has 1 unspecified atom stereocenters. The first-order valence-electron chi connectivity index (χ1n) is 5.46. The average Bonchev–Trinajstić information content (AvgIpc) is 2.85. The van der Waals surface area contributed by atoms with Crippen LogP contribution in [0.5, 0.6) is 0 Å². The van der Waals surface area contributed by atoms with Gasteiger partial charge in [0.25, 0.3) is 11.5 Å². The first kappa shape index (κ1) is 13.2. The lowest BCUT2D eigenvalue weighted by Gasteiger charge is -2.07. The van der Waals surface area contributed by atoms with Crippen molar-refractivity contribution in [2.24, 2.45) is 5.92 Å². The van der Waals surface area contributed by atoms with Gasteiger partial charge in [-0.1, -0.05) is 6.92 Å². The number of carboxylic acids is 1. The van der Waals surface area contributed by atoms with E-state index >= 15 is 0 Å². The quantitative estimate of drug-likeness (QED) is 0.834. The van der Waals surface area contributed by atoms with E-state index in [9.17, 15) is 14.4 Å². The lowest BCUT2D eigenvalue weighted by molar-refractivity contribution is -0.140. The summed E-state index contributed by atoms with van der Waals surface area (Å²) in [5.41, 5.74) is -0.569. The second-order valence-electron chi connectivity index (χ2n) is 3.98. The highest BCUT2D eigenvalue weighted by atomic mass is 32.1. The van der Waals surface area contributed by atoms with E-state index in [0.29, 0.717) is 4.96 Å². The molecule has 0 aromatic carbocycles. The van der Waals surface area contributed by atoms with Crippen LogP contribution in [0.2, 0.25) is 0 Å². The molecule has 2 aromatic heterocycles. The van der Waals surface area contributed by atoms with Gasteiger partial charge in [-0.15, -0.1) is 11.3 Å². The second kappa shape index (κ2) is 5.19. The number of nitrogens with one attached hydrogen (secondary N) is 1. The minimum atomic E-state index is -1.01. The summed E-state index contributed by atoms with van der Waals surface area (Å²) in [7, 11) is 0. The second-order valence-corrected chi connectivity index (χ2v) is 4.85. The fourth-order valence-electron chi connectivity index (χ4n) is 1.41. The van der Waals surface area contributed by atoms with E-state index in [0.717, 1.165) is 0 Å². The molecule has 7 nitrogen and oxygen atoms in total. The number of nitrogens with zero attached hydrogens (tertiary/aromatic N) is 2. The molecule has 0 radical (unpaired) electrons. The monoisotopic (exact) mass is 281 g/mol. The largest absolute Gasteiger partial charge is 0.481 e. The molecule has 100 valence electrons. The van der Waals surface area contributed by atoms with Gasteiger partial charge in [0.15, 0.2) is 4.96 Å². The summed E-state index contributed by atoms with van der Waals surface area (Å²) in [5, 5.41) is 12.8. The summed E-state index contributed by atoms with van der Waals surface area (Å²) in [4.78, 5) is 38.9. The number of hydrogen-bond donors (Lipinski definition) is 2. The molecule has 1 amide bonds. The van der Waals surface area contributed by atoms with E-state index in [1.54, 1.807) is 5.38 Å². The first-order chi connectivity index (χ1) is 9.00. The smallest absolute Gasteiger partial charge is 0.308 e. The minimum Gasteiger partial charge on any atom is -0.481 e. The third-order valence-electron chi connectivity index (χ3n) is 2.58. The molecule has 0 bridgehead atoms. The van der Waals surface area contributed by atoms with E-state index in [1.807, 2.05) is 0 Å². The lowest BCUT2D eigenvalue weighted by atomic mass is 10.2. The van der Waals surface area contributed by atoms with Crippen LogP contribution in [0.1, 0.15) is 17.3 Å². The molecule has 0 aliphatic heterocycles. The summed E-state index contributed by atoms with van der Waals surface area (Å²) >= 11 is 1.29. The molecule has 0 aliphatic rings. The van der Waals surface area contributed by atoms with Crippen LogP contribution < -0.4 is 10.9 Å². The van der Waals surface area contributed by atoms with E-state index < -0.39 is 23.4 Å². The number of carbonyl (C=O) groups excluding carboxylic acids is 1. The zero-order chi connectivity index (χ0) is 14.0. The Labute approximate surface area is 111 Å². The van der Waals surface area contributed by atoms with Crippen molar-refractivity contribution < 1.29 is 14.7 Å². The number of carbonyl (C=O) groups is 2. The van der Waals surface area contributed by atoms with Gasteiger partial charge in [0.05, 0.1) is 5.92 Å². The number of fused-ring (bicyclic) bond motifs is 1. The predicted molar refractivity (Wildman–Crippen MR) is 68.5 cm³/mol. The fraction of sp³-hybridized carbons (Fsp3) is 0.273. The molecule has 2 heterocycles. The van der Waals surface area contributed by atoms with Gasteiger partial charge >= 0.3 is 5.97 Å². The van der Waals surface area contributed by atoms with E-state index in [4.69, 9.17) is 5.11 Å². The van der Waals surface area contributed by atoms with Crippen LogP contribution in [0.4, 0.5) is 0 Å². The Morgan fingerprint density at radius 1 is 1.58 bits per heavy atom. The van der Waals surface area contributed by atoms with Crippen LogP contribution in [0.15, 0.2) is 22.6 Å². The Kier molecular flexibility index (Phi) is 3.61. The lowest BCUT2D eigenvalue weighted by Crippen LogP contribution is -2.35. The standard InChI is InChI=1S/C11H11N3O4S/c1-6(10(17)18)4-12-8(15)7-5-13-11-14(9(7)16)2-3-19-11/h2-3,5-6H,4H2,1H3,(H,12,15)(H,17,18). The van der Waals surface area contributed by atoms with Gasteiger partial charge in [-0.3, -0.25) is 18.8 Å². The predicted octanol–water partition coefficient (Wildman–Crippen LogP) is 0.206. The van der Waals surface area contributed by atoms with Crippen LogP contribution in [0.3, 0.4) is 0 Å². The molecule has 2 rings (SSSR count). The van der Waals surface area contributed by atoms with Crippen molar-refractivity contribution in [2.45, 2.75) is 6.92 Å². The Hall–Kier alpha value is -2.22. The highest BCUT2D eigenvalue weighted by molar-refractivity contribution is 7.15. The van der Waals surface area contributed by atoms with Crippen LogP contribution in [0.25, 0.3) is 4.96 Å². The van der Waals surface area contributed by atoms with E-state index in [2.05, 4.69) is 10.3 Å². The molecule has 19 heavy (non-hydrogen) atoms. The maximum Gasteiger partial charge on any atom is 0.308 e. The SMILES string of the molecule is CC(CNC(=O)c1cnc2sccn2c1=O)C(=O)O. The molecule has 0 saturated carbocycles. The van der Waals surface area contributed by atoms with Crippen LogP contribution in [-0.4, -0.2) is 32.9 Å². The van der Waals surface area contributed by atoms with Crippen LogP contribution in [-0.2, 0) is 4.79 Å². The molecule has 8 heteroatoms. The Bertz CT molecular complexity index is 691. The summed E-state index contributed by atoms with van der Waals surface area (Å²) in [6, 6.07) is 0. The average molecular weight is 281 g/mol. The van der Waals surface area contributed by atoms with Crippen LogP contribution >= 0.6 is 11.3 Å². The van der Waals surface area contributed by atoms with Crippen LogP contribution in [0, 0.1) is 5.92 Å². The molecule has 1 atom stereocenters. The van der Waals surface area contributed by atoms with Crippen molar-refractivity contribution in [3.05, 3.63) is 33.7 Å². The number of aliphatic carboxylic acids is 1. The van der Waals surface area contributed by atoms with Gasteiger partial charge < -0.3 is 10.4 Å². The highest BCUT2D eigenvalue weighted by Gasteiger charge is 2.16. The van der Waals surface area contributed by atoms with Crippen molar-refractivity contribution in [3.8, 4) is 0 Å². The van der Waals surface area contributed by atoms with Gasteiger partial charge in [0.1, 0.15) is 5.56 Å². The molecule has 0 aliphatic carbocycles. The summed E-state index contributed by atoms with van der Waals surface area (Å²) in [6.45, 7) is 1.43. The molecule has 0 saturated heterocycles. The summed E-state index contributed by atoms with van der Waals surface area (Å²) in [6.07, 6.45) is 2.74. The number of hydrogen-bond acceptors (Lipinski definition) is 5. The van der Waals surface area contributed by atoms with Crippen molar-refractivity contribution in [1.82, 2.24) is 14.7 Å². The van der Waals surface area contributed by atoms with Crippen molar-refractivity contribution in [1.29, 1.82) is 0 Å². The van der Waals surface area contributed by atoms with Gasteiger partial charge in [-0.25, -0.2) is 4.98 Å². The molecule has 2 N–H and O–H groups in total. The van der Waals surface area contributed by atoms with Gasteiger partial charge in [0.2, 0.25) is 0 Å². The Balaban J connectivity index is 2.20.